The summed E-state index contributed by atoms with van der Waals surface area (Å²) in [6.45, 7) is 2.14. The molecule has 0 bridgehead atoms. The van der Waals surface area contributed by atoms with E-state index in [0.29, 0.717) is 36.6 Å². The van der Waals surface area contributed by atoms with Crippen LogP contribution in [0, 0.1) is 0 Å². The van der Waals surface area contributed by atoms with Crippen LogP contribution in [0.2, 0.25) is 0 Å². The summed E-state index contributed by atoms with van der Waals surface area (Å²) in [5, 5.41) is 3.14. The van der Waals surface area contributed by atoms with E-state index >= 15 is 0 Å². The van der Waals surface area contributed by atoms with Crippen molar-refractivity contribution in [1.29, 1.82) is 0 Å². The van der Waals surface area contributed by atoms with Gasteiger partial charge < -0.3 is 20.5 Å². The van der Waals surface area contributed by atoms with Crippen molar-refractivity contribution >= 4 is 11.8 Å². The molecule has 0 unspecified atom stereocenters. The highest BCUT2D eigenvalue weighted by Crippen LogP contribution is 2.34. The normalized spacial score (nSPS) is 14.9. The molecule has 2 amide bonds. The Morgan fingerprint density at radius 1 is 0.939 bits per heavy atom. The molecule has 0 saturated carbocycles. The summed E-state index contributed by atoms with van der Waals surface area (Å²) in [4.78, 5) is 24.6. The number of rotatable bonds is 8. The summed E-state index contributed by atoms with van der Waals surface area (Å²) >= 11 is 0. The highest BCUT2D eigenvalue weighted by atomic mass is 16.5. The van der Waals surface area contributed by atoms with Crippen LogP contribution in [0.1, 0.15) is 44.7 Å². The second-order valence-electron chi connectivity index (χ2n) is 8.29. The number of hydrogen-bond donors (Lipinski definition) is 2. The SMILES string of the molecule is NC(=O)c1ccccc1OCc1cccc(C(=O)NCC2(c3ccccc3)CCOCC2)c1. The van der Waals surface area contributed by atoms with Crippen LogP contribution in [0.3, 0.4) is 0 Å². The van der Waals surface area contributed by atoms with Gasteiger partial charge >= 0.3 is 0 Å². The lowest BCUT2D eigenvalue weighted by atomic mass is 9.74. The topological polar surface area (TPSA) is 90.7 Å². The zero-order valence-electron chi connectivity index (χ0n) is 18.5. The van der Waals surface area contributed by atoms with E-state index in [1.165, 1.54) is 5.56 Å². The van der Waals surface area contributed by atoms with Gasteiger partial charge in [-0.25, -0.2) is 0 Å². The van der Waals surface area contributed by atoms with Crippen molar-refractivity contribution in [1.82, 2.24) is 5.32 Å². The third-order valence-corrected chi connectivity index (χ3v) is 6.16. The number of carbonyl (C=O) groups excluding carboxylic acids is 2. The van der Waals surface area contributed by atoms with Gasteiger partial charge in [0.25, 0.3) is 11.8 Å². The Hall–Kier alpha value is -3.64. The molecule has 3 aromatic carbocycles. The van der Waals surface area contributed by atoms with E-state index in [0.717, 1.165) is 18.4 Å². The lowest BCUT2D eigenvalue weighted by molar-refractivity contribution is 0.0487. The average molecular weight is 445 g/mol. The van der Waals surface area contributed by atoms with Crippen LogP contribution in [-0.4, -0.2) is 31.6 Å². The molecule has 0 aromatic heterocycles. The molecule has 1 aliphatic heterocycles. The molecule has 6 nitrogen and oxygen atoms in total. The van der Waals surface area contributed by atoms with Gasteiger partial charge in [0, 0.05) is 30.7 Å². The number of hydrogen-bond acceptors (Lipinski definition) is 4. The number of carbonyl (C=O) groups is 2. The first kappa shape index (κ1) is 22.6. The average Bonchev–Trinajstić information content (AvgIpc) is 2.87. The first-order chi connectivity index (χ1) is 16.1. The Balaban J connectivity index is 1.43. The molecule has 1 saturated heterocycles. The van der Waals surface area contributed by atoms with Gasteiger partial charge in [-0.2, -0.15) is 0 Å². The predicted octanol–water partition coefficient (Wildman–Crippen LogP) is 3.84. The van der Waals surface area contributed by atoms with E-state index < -0.39 is 5.91 Å². The lowest BCUT2D eigenvalue weighted by Gasteiger charge is -2.38. The van der Waals surface area contributed by atoms with Crippen LogP contribution < -0.4 is 15.8 Å². The van der Waals surface area contributed by atoms with Gasteiger partial charge in [0.1, 0.15) is 12.4 Å². The van der Waals surface area contributed by atoms with Gasteiger partial charge in [0.15, 0.2) is 0 Å². The molecule has 0 atom stereocenters. The van der Waals surface area contributed by atoms with Crippen LogP contribution in [0.15, 0.2) is 78.9 Å². The number of primary amides is 1. The molecule has 3 aromatic rings. The summed E-state index contributed by atoms with van der Waals surface area (Å²) < 4.78 is 11.4. The second-order valence-corrected chi connectivity index (χ2v) is 8.29. The summed E-state index contributed by atoms with van der Waals surface area (Å²) in [6, 6.07) is 24.5. The standard InChI is InChI=1S/C27H28N2O4/c28-25(30)23-11-4-5-12-24(23)33-18-20-7-6-8-21(17-20)26(31)29-19-27(13-15-32-16-14-27)22-9-2-1-3-10-22/h1-12,17H,13-16,18-19H2,(H2,28,30)(H,29,31). The van der Waals surface area contributed by atoms with E-state index in [9.17, 15) is 9.59 Å². The van der Waals surface area contributed by atoms with Crippen LogP contribution in [-0.2, 0) is 16.8 Å². The monoisotopic (exact) mass is 444 g/mol. The van der Waals surface area contributed by atoms with E-state index in [4.69, 9.17) is 15.2 Å². The maximum Gasteiger partial charge on any atom is 0.252 e. The number of benzene rings is 3. The van der Waals surface area contributed by atoms with Crippen LogP contribution in [0.5, 0.6) is 5.75 Å². The van der Waals surface area contributed by atoms with Gasteiger partial charge in [0.2, 0.25) is 0 Å². The van der Waals surface area contributed by atoms with Gasteiger partial charge in [-0.3, -0.25) is 9.59 Å². The Morgan fingerprint density at radius 2 is 1.67 bits per heavy atom. The Bertz CT molecular complexity index is 1110. The van der Waals surface area contributed by atoms with Crippen LogP contribution in [0.25, 0.3) is 0 Å². The Morgan fingerprint density at radius 3 is 2.42 bits per heavy atom. The third kappa shape index (κ3) is 5.41. The summed E-state index contributed by atoms with van der Waals surface area (Å²) in [7, 11) is 0. The molecule has 1 heterocycles. The Labute approximate surface area is 193 Å². The largest absolute Gasteiger partial charge is 0.488 e. The van der Waals surface area contributed by atoms with Crippen molar-refractivity contribution in [2.75, 3.05) is 19.8 Å². The van der Waals surface area contributed by atoms with Gasteiger partial charge in [-0.05, 0) is 48.2 Å². The number of nitrogens with one attached hydrogen (secondary N) is 1. The quantitative estimate of drug-likeness (QED) is 0.552. The van der Waals surface area contributed by atoms with E-state index in [1.807, 2.05) is 30.3 Å². The molecule has 4 rings (SSSR count). The van der Waals surface area contributed by atoms with Crippen molar-refractivity contribution in [3.63, 3.8) is 0 Å². The lowest BCUT2D eigenvalue weighted by Crippen LogP contribution is -2.44. The molecule has 170 valence electrons. The van der Waals surface area contributed by atoms with Crippen molar-refractivity contribution in [3.8, 4) is 5.75 Å². The first-order valence-electron chi connectivity index (χ1n) is 11.1. The van der Waals surface area contributed by atoms with E-state index in [2.05, 4.69) is 17.4 Å². The number of para-hydroxylation sites is 1. The fourth-order valence-corrected chi connectivity index (χ4v) is 4.23. The smallest absolute Gasteiger partial charge is 0.252 e. The minimum Gasteiger partial charge on any atom is -0.488 e. The van der Waals surface area contributed by atoms with Crippen LogP contribution in [0.4, 0.5) is 0 Å². The number of amides is 2. The molecule has 6 heteroatoms. The molecule has 0 radical (unpaired) electrons. The van der Waals surface area contributed by atoms with E-state index in [-0.39, 0.29) is 17.9 Å². The fraction of sp³-hybridized carbons (Fsp3) is 0.259. The highest BCUT2D eigenvalue weighted by Gasteiger charge is 2.34. The van der Waals surface area contributed by atoms with Gasteiger partial charge in [-0.1, -0.05) is 54.6 Å². The van der Waals surface area contributed by atoms with Gasteiger partial charge in [-0.15, -0.1) is 0 Å². The number of nitrogens with two attached hydrogens (primary N) is 1. The first-order valence-corrected chi connectivity index (χ1v) is 11.1. The van der Waals surface area contributed by atoms with E-state index in [1.54, 1.807) is 36.4 Å². The molecule has 1 fully saturated rings. The number of ether oxygens (including phenoxy) is 2. The molecule has 3 N–H and O–H groups in total. The molecule has 0 aliphatic carbocycles. The molecule has 0 spiro atoms. The highest BCUT2D eigenvalue weighted by molar-refractivity contribution is 5.95. The van der Waals surface area contributed by atoms with Crippen molar-refractivity contribution in [2.24, 2.45) is 5.73 Å². The zero-order valence-corrected chi connectivity index (χ0v) is 18.5. The molecular formula is C27H28N2O4. The summed E-state index contributed by atoms with van der Waals surface area (Å²) in [6.07, 6.45) is 1.73. The van der Waals surface area contributed by atoms with Crippen molar-refractivity contribution in [3.05, 3.63) is 101 Å². The molecule has 1 aliphatic rings. The summed E-state index contributed by atoms with van der Waals surface area (Å²) in [5.74, 6) is -0.250. The van der Waals surface area contributed by atoms with Crippen molar-refractivity contribution in [2.45, 2.75) is 24.9 Å². The maximum absolute atomic E-state index is 13.0. The van der Waals surface area contributed by atoms with Gasteiger partial charge in [0.05, 0.1) is 5.56 Å². The zero-order chi connectivity index (χ0) is 23.1. The van der Waals surface area contributed by atoms with Crippen LogP contribution >= 0.6 is 0 Å². The fourth-order valence-electron chi connectivity index (χ4n) is 4.23. The molecule has 33 heavy (non-hydrogen) atoms. The maximum atomic E-state index is 13.0. The predicted molar refractivity (Wildman–Crippen MR) is 126 cm³/mol. The minimum absolute atomic E-state index is 0.129. The molecular weight excluding hydrogens is 416 g/mol. The second kappa shape index (κ2) is 10.3. The minimum atomic E-state index is -0.542. The Kier molecular flexibility index (Phi) is 7.05. The third-order valence-electron chi connectivity index (χ3n) is 6.16. The summed E-state index contributed by atoms with van der Waals surface area (Å²) in [5.41, 5.74) is 8.23. The van der Waals surface area contributed by atoms with Crippen molar-refractivity contribution < 1.29 is 19.1 Å².